The zero-order valence-corrected chi connectivity index (χ0v) is 23.4. The molecule has 2 amide bonds. The third-order valence-corrected chi connectivity index (χ3v) is 7.94. The molecule has 3 aromatic rings. The number of hydrogen-bond acceptors (Lipinski definition) is 4. The summed E-state index contributed by atoms with van der Waals surface area (Å²) in [5.74, 6) is -1.40. The Morgan fingerprint density at radius 1 is 0.974 bits per heavy atom. The number of rotatable bonds is 9. The maximum absolute atomic E-state index is 14.4. The highest BCUT2D eigenvalue weighted by atomic mass is 35.5. The zero-order valence-electron chi connectivity index (χ0n) is 21.1. The first-order chi connectivity index (χ1) is 18.2. The molecule has 1 heterocycles. The van der Waals surface area contributed by atoms with Crippen molar-refractivity contribution in [3.8, 4) is 0 Å². The van der Waals surface area contributed by atoms with Crippen molar-refractivity contribution in [1.82, 2.24) is 4.90 Å². The number of anilines is 1. The van der Waals surface area contributed by atoms with Crippen LogP contribution in [0.5, 0.6) is 0 Å². The van der Waals surface area contributed by atoms with Crippen molar-refractivity contribution in [1.29, 1.82) is 0 Å². The van der Waals surface area contributed by atoms with Crippen LogP contribution >= 0.6 is 35.0 Å². The number of thioether (sulfide) groups is 1. The SMILES string of the molecule is CSc1ccc2c(c1)C(=O)N(C(C)c1ccc(Cl)cc1)C(c1ccc(Cl)cc1)C(=O)N2CCCCC(=O)O. The van der Waals surface area contributed by atoms with Gasteiger partial charge in [0.1, 0.15) is 6.04 Å². The average Bonchev–Trinajstić information content (AvgIpc) is 2.99. The largest absolute Gasteiger partial charge is 0.481 e. The van der Waals surface area contributed by atoms with E-state index < -0.39 is 18.1 Å². The Morgan fingerprint density at radius 2 is 1.61 bits per heavy atom. The van der Waals surface area contributed by atoms with Gasteiger partial charge in [0.05, 0.1) is 17.3 Å². The molecule has 198 valence electrons. The van der Waals surface area contributed by atoms with Crippen LogP contribution in [0.25, 0.3) is 0 Å². The number of halogens is 2. The molecule has 4 rings (SSSR count). The van der Waals surface area contributed by atoms with E-state index in [1.807, 2.05) is 43.5 Å². The Labute approximate surface area is 236 Å². The van der Waals surface area contributed by atoms with E-state index in [0.717, 1.165) is 10.5 Å². The molecule has 1 N–H and O–H groups in total. The highest BCUT2D eigenvalue weighted by Crippen LogP contribution is 2.41. The van der Waals surface area contributed by atoms with Crippen molar-refractivity contribution in [3.63, 3.8) is 0 Å². The third kappa shape index (κ3) is 6.01. The molecule has 0 spiro atoms. The third-order valence-electron chi connectivity index (χ3n) is 6.72. The fraction of sp³-hybridized carbons (Fsp3) is 0.276. The van der Waals surface area contributed by atoms with Crippen LogP contribution in [0.15, 0.2) is 71.6 Å². The van der Waals surface area contributed by atoms with Crippen LogP contribution < -0.4 is 4.90 Å². The molecule has 1 aliphatic heterocycles. The minimum absolute atomic E-state index is 0.0135. The molecule has 0 saturated carbocycles. The maximum Gasteiger partial charge on any atom is 0.303 e. The maximum atomic E-state index is 14.4. The number of hydrogen-bond donors (Lipinski definition) is 1. The van der Waals surface area contributed by atoms with Crippen LogP contribution in [-0.4, -0.2) is 40.6 Å². The van der Waals surface area contributed by atoms with Crippen LogP contribution in [0.4, 0.5) is 5.69 Å². The van der Waals surface area contributed by atoms with Gasteiger partial charge < -0.3 is 14.9 Å². The summed E-state index contributed by atoms with van der Waals surface area (Å²) in [6.45, 7) is 2.19. The zero-order chi connectivity index (χ0) is 27.4. The number of nitrogens with zero attached hydrogens (tertiary/aromatic N) is 2. The quantitative estimate of drug-likeness (QED) is 0.216. The molecule has 0 aromatic heterocycles. The van der Waals surface area contributed by atoms with Crippen molar-refractivity contribution in [2.24, 2.45) is 0 Å². The molecule has 1 aliphatic rings. The van der Waals surface area contributed by atoms with Gasteiger partial charge in [0.25, 0.3) is 11.8 Å². The van der Waals surface area contributed by atoms with Gasteiger partial charge in [-0.3, -0.25) is 14.4 Å². The van der Waals surface area contributed by atoms with E-state index in [0.29, 0.717) is 39.7 Å². The van der Waals surface area contributed by atoms with Crippen molar-refractivity contribution in [2.75, 3.05) is 17.7 Å². The Kier molecular flexibility index (Phi) is 9.03. The number of carbonyl (C=O) groups excluding carboxylic acids is 2. The number of fused-ring (bicyclic) bond motifs is 1. The number of carbonyl (C=O) groups is 3. The van der Waals surface area contributed by atoms with E-state index in [1.165, 1.54) is 11.8 Å². The van der Waals surface area contributed by atoms with Gasteiger partial charge in [-0.1, -0.05) is 47.5 Å². The van der Waals surface area contributed by atoms with Crippen molar-refractivity contribution in [3.05, 3.63) is 93.5 Å². The van der Waals surface area contributed by atoms with Gasteiger partial charge in [-0.05, 0) is 79.6 Å². The van der Waals surface area contributed by atoms with Gasteiger partial charge in [-0.25, -0.2) is 0 Å². The number of amides is 2. The van der Waals surface area contributed by atoms with Gasteiger partial charge in [-0.15, -0.1) is 11.8 Å². The van der Waals surface area contributed by atoms with E-state index in [1.54, 1.807) is 46.2 Å². The summed E-state index contributed by atoms with van der Waals surface area (Å²) in [4.78, 5) is 44.0. The molecule has 9 heteroatoms. The lowest BCUT2D eigenvalue weighted by Gasteiger charge is -2.36. The molecule has 3 aromatic carbocycles. The van der Waals surface area contributed by atoms with E-state index >= 15 is 0 Å². The van der Waals surface area contributed by atoms with Gasteiger partial charge in [0, 0.05) is 27.9 Å². The molecule has 0 saturated heterocycles. The van der Waals surface area contributed by atoms with Gasteiger partial charge >= 0.3 is 5.97 Å². The van der Waals surface area contributed by atoms with E-state index in [-0.39, 0.29) is 24.8 Å². The molecule has 2 atom stereocenters. The lowest BCUT2D eigenvalue weighted by Crippen LogP contribution is -2.44. The lowest BCUT2D eigenvalue weighted by atomic mass is 9.98. The number of aliphatic carboxylic acids is 1. The highest BCUT2D eigenvalue weighted by molar-refractivity contribution is 7.98. The summed E-state index contributed by atoms with van der Waals surface area (Å²) in [5.41, 5.74) is 2.44. The molecular weight excluding hydrogens is 543 g/mol. The first-order valence-corrected chi connectivity index (χ1v) is 14.2. The molecule has 0 radical (unpaired) electrons. The Bertz CT molecular complexity index is 1330. The van der Waals surface area contributed by atoms with E-state index in [2.05, 4.69) is 0 Å². The van der Waals surface area contributed by atoms with Crippen molar-refractivity contribution >= 4 is 58.4 Å². The van der Waals surface area contributed by atoms with E-state index in [4.69, 9.17) is 28.3 Å². The minimum Gasteiger partial charge on any atom is -0.481 e. The van der Waals surface area contributed by atoms with Crippen LogP contribution in [0.3, 0.4) is 0 Å². The molecule has 2 unspecified atom stereocenters. The molecule has 0 fully saturated rings. The first-order valence-electron chi connectivity index (χ1n) is 12.3. The standard InChI is InChI=1S/C29H28Cl2N2O4S/c1-18(19-6-10-21(30)11-7-19)33-27(20-8-12-22(31)13-9-20)29(37)32(16-4-3-5-26(34)35)25-15-14-23(38-2)17-24(25)28(33)36/h6-15,17-18,27H,3-5,16H2,1-2H3,(H,34,35). The van der Waals surface area contributed by atoms with Crippen molar-refractivity contribution in [2.45, 2.75) is 43.2 Å². The molecule has 38 heavy (non-hydrogen) atoms. The predicted molar refractivity (Wildman–Crippen MR) is 152 cm³/mol. The number of carboxylic acid groups (broad SMARTS) is 1. The van der Waals surface area contributed by atoms with Crippen LogP contribution in [0.2, 0.25) is 10.0 Å². The number of unbranched alkanes of at least 4 members (excludes halogenated alkanes) is 1. The van der Waals surface area contributed by atoms with Crippen LogP contribution in [0, 0.1) is 0 Å². The molecule has 0 aliphatic carbocycles. The summed E-state index contributed by atoms with van der Waals surface area (Å²) in [6.07, 6.45) is 2.85. The minimum atomic E-state index is -0.921. The first kappa shape index (κ1) is 28.0. The normalized spacial score (nSPS) is 16.3. The smallest absolute Gasteiger partial charge is 0.303 e. The van der Waals surface area contributed by atoms with Gasteiger partial charge in [0.2, 0.25) is 0 Å². The topological polar surface area (TPSA) is 77.9 Å². The second kappa shape index (κ2) is 12.2. The summed E-state index contributed by atoms with van der Waals surface area (Å²) in [7, 11) is 0. The Balaban J connectivity index is 1.87. The van der Waals surface area contributed by atoms with Crippen LogP contribution in [0.1, 0.15) is 59.8 Å². The molecular formula is C29H28Cl2N2O4S. The Hall–Kier alpha value is -3.00. The molecule has 6 nitrogen and oxygen atoms in total. The monoisotopic (exact) mass is 570 g/mol. The second-order valence-corrected chi connectivity index (χ2v) is 10.9. The fourth-order valence-corrected chi connectivity index (χ4v) is 5.41. The van der Waals surface area contributed by atoms with E-state index in [9.17, 15) is 14.4 Å². The summed E-state index contributed by atoms with van der Waals surface area (Å²) in [5, 5.41) is 10.2. The Morgan fingerprint density at radius 3 is 2.21 bits per heavy atom. The molecule has 0 bridgehead atoms. The number of carboxylic acids is 1. The fourth-order valence-electron chi connectivity index (χ4n) is 4.72. The lowest BCUT2D eigenvalue weighted by molar-refractivity contribution is -0.137. The van der Waals surface area contributed by atoms with Gasteiger partial charge in [0.15, 0.2) is 0 Å². The summed E-state index contributed by atoms with van der Waals surface area (Å²) < 4.78 is 0. The van der Waals surface area contributed by atoms with Crippen LogP contribution in [-0.2, 0) is 9.59 Å². The second-order valence-electron chi connectivity index (χ2n) is 9.12. The highest BCUT2D eigenvalue weighted by Gasteiger charge is 2.42. The number of benzene rings is 3. The predicted octanol–water partition coefficient (Wildman–Crippen LogP) is 7.26. The van der Waals surface area contributed by atoms with Crippen molar-refractivity contribution < 1.29 is 19.5 Å². The summed E-state index contributed by atoms with van der Waals surface area (Å²) in [6, 6.07) is 18.4. The average molecular weight is 572 g/mol. The summed E-state index contributed by atoms with van der Waals surface area (Å²) >= 11 is 13.8. The van der Waals surface area contributed by atoms with Gasteiger partial charge in [-0.2, -0.15) is 0 Å².